The summed E-state index contributed by atoms with van der Waals surface area (Å²) >= 11 is 3.39. The molecule has 1 fully saturated rings. The molecule has 3 aliphatic rings. The molecular weight excluding hydrogens is 345 g/mol. The van der Waals surface area contributed by atoms with Crippen LogP contribution in [-0.2, 0) is 0 Å². The Hall–Kier alpha value is -1.13. The number of aliphatic hydroxyl groups is 1. The van der Waals surface area contributed by atoms with Gasteiger partial charge >= 0.3 is 0 Å². The number of fused-ring (bicyclic) bond motifs is 3. The first-order valence-corrected chi connectivity index (χ1v) is 8.69. The largest absolute Gasteiger partial charge is 0.393 e. The zero-order valence-corrected chi connectivity index (χ0v) is 13.8. The van der Waals surface area contributed by atoms with Gasteiger partial charge in [-0.2, -0.15) is 0 Å². The summed E-state index contributed by atoms with van der Waals surface area (Å²) in [5.41, 5.74) is 1.64. The number of rotatable bonds is 1. The molecule has 2 nitrogen and oxygen atoms in total. The van der Waals surface area contributed by atoms with Gasteiger partial charge in [-0.25, -0.2) is 4.39 Å². The van der Waals surface area contributed by atoms with Gasteiger partial charge in [0.05, 0.1) is 11.8 Å². The Morgan fingerprint density at radius 1 is 1.23 bits per heavy atom. The zero-order chi connectivity index (χ0) is 15.3. The van der Waals surface area contributed by atoms with Crippen molar-refractivity contribution >= 4 is 21.6 Å². The topological polar surface area (TPSA) is 32.3 Å². The van der Waals surface area contributed by atoms with Gasteiger partial charge in [-0.1, -0.05) is 40.2 Å². The number of benzene rings is 1. The molecule has 0 amide bonds. The Bertz CT molecular complexity index is 657. The number of aliphatic hydroxyl groups excluding tert-OH is 1. The molecule has 5 atom stereocenters. The summed E-state index contributed by atoms with van der Waals surface area (Å²) in [4.78, 5) is 0. The zero-order valence-electron chi connectivity index (χ0n) is 12.2. The molecule has 1 heterocycles. The van der Waals surface area contributed by atoms with E-state index in [0.717, 1.165) is 29.3 Å². The Morgan fingerprint density at radius 3 is 2.86 bits per heavy atom. The van der Waals surface area contributed by atoms with Crippen LogP contribution >= 0.6 is 15.9 Å². The fourth-order valence-electron chi connectivity index (χ4n) is 4.40. The van der Waals surface area contributed by atoms with E-state index in [4.69, 9.17) is 0 Å². The van der Waals surface area contributed by atoms with E-state index in [1.165, 1.54) is 6.07 Å². The number of hydrogen-bond donors (Lipinski definition) is 2. The van der Waals surface area contributed by atoms with Crippen LogP contribution in [0.25, 0.3) is 0 Å². The van der Waals surface area contributed by atoms with E-state index in [9.17, 15) is 9.50 Å². The second-order valence-electron chi connectivity index (χ2n) is 6.63. The number of halogens is 2. The molecule has 1 aromatic rings. The first kappa shape index (κ1) is 14.5. The van der Waals surface area contributed by atoms with E-state index in [2.05, 4.69) is 45.6 Å². The Balaban J connectivity index is 1.76. The number of hydrogen-bond acceptors (Lipinski definition) is 2. The highest BCUT2D eigenvalue weighted by molar-refractivity contribution is 9.10. The number of anilines is 1. The van der Waals surface area contributed by atoms with Gasteiger partial charge in [-0.05, 0) is 48.8 Å². The van der Waals surface area contributed by atoms with Crippen molar-refractivity contribution in [2.45, 2.75) is 37.3 Å². The maximum Gasteiger partial charge on any atom is 0.147 e. The number of nitrogens with one attached hydrogen (secondary N) is 1. The lowest BCUT2D eigenvalue weighted by Crippen LogP contribution is -2.41. The fraction of sp³-hybridized carbons (Fsp3) is 0.444. The second-order valence-corrected chi connectivity index (χ2v) is 7.55. The lowest BCUT2D eigenvalue weighted by Gasteiger charge is -2.41. The monoisotopic (exact) mass is 363 g/mol. The van der Waals surface area contributed by atoms with Crippen molar-refractivity contribution in [3.05, 3.63) is 52.3 Å². The van der Waals surface area contributed by atoms with Crippen LogP contribution in [0.5, 0.6) is 0 Å². The minimum Gasteiger partial charge on any atom is -0.393 e. The van der Waals surface area contributed by atoms with E-state index in [1.807, 2.05) is 6.07 Å². The van der Waals surface area contributed by atoms with Crippen LogP contribution in [0.1, 0.15) is 30.7 Å². The van der Waals surface area contributed by atoms with Gasteiger partial charge in [0.2, 0.25) is 0 Å². The molecule has 116 valence electrons. The van der Waals surface area contributed by atoms with Crippen molar-refractivity contribution in [2.24, 2.45) is 11.8 Å². The molecule has 4 rings (SSSR count). The van der Waals surface area contributed by atoms with Gasteiger partial charge in [0.15, 0.2) is 0 Å². The maximum absolute atomic E-state index is 14.4. The van der Waals surface area contributed by atoms with Crippen LogP contribution in [0.3, 0.4) is 0 Å². The molecule has 2 aliphatic carbocycles. The van der Waals surface area contributed by atoms with Crippen LogP contribution in [0, 0.1) is 17.7 Å². The molecule has 0 saturated heterocycles. The highest BCUT2D eigenvalue weighted by atomic mass is 79.9. The second kappa shape index (κ2) is 5.50. The maximum atomic E-state index is 14.4. The third-order valence-electron chi connectivity index (χ3n) is 5.32. The summed E-state index contributed by atoms with van der Waals surface area (Å²) < 4.78 is 15.2. The van der Waals surface area contributed by atoms with E-state index < -0.39 is 0 Å². The molecule has 0 bridgehead atoms. The summed E-state index contributed by atoms with van der Waals surface area (Å²) in [6.07, 6.45) is 10.7. The van der Waals surface area contributed by atoms with E-state index in [1.54, 1.807) is 0 Å². The summed E-state index contributed by atoms with van der Waals surface area (Å²) in [6, 6.07) is 3.71. The van der Waals surface area contributed by atoms with Crippen molar-refractivity contribution in [1.29, 1.82) is 0 Å². The fourth-order valence-corrected chi connectivity index (χ4v) is 4.85. The average molecular weight is 364 g/mol. The van der Waals surface area contributed by atoms with Gasteiger partial charge in [0, 0.05) is 16.4 Å². The van der Waals surface area contributed by atoms with Crippen molar-refractivity contribution in [3.8, 4) is 0 Å². The van der Waals surface area contributed by atoms with E-state index in [0.29, 0.717) is 17.5 Å². The molecular formula is C18H19BrFNO. The van der Waals surface area contributed by atoms with Crippen molar-refractivity contribution in [3.63, 3.8) is 0 Å². The third kappa shape index (κ3) is 2.33. The molecule has 2 N–H and O–H groups in total. The number of allylic oxidation sites excluding steroid dienone is 3. The van der Waals surface area contributed by atoms with E-state index in [-0.39, 0.29) is 23.9 Å². The minimum atomic E-state index is -0.282. The summed E-state index contributed by atoms with van der Waals surface area (Å²) in [5.74, 6) is 0.753. The van der Waals surface area contributed by atoms with Crippen molar-refractivity contribution in [1.82, 2.24) is 0 Å². The van der Waals surface area contributed by atoms with Crippen molar-refractivity contribution in [2.75, 3.05) is 5.32 Å². The molecule has 0 aromatic heterocycles. The summed E-state index contributed by atoms with van der Waals surface area (Å²) in [7, 11) is 0. The van der Waals surface area contributed by atoms with Crippen molar-refractivity contribution < 1.29 is 9.50 Å². The minimum absolute atomic E-state index is 0.187. The molecule has 0 spiro atoms. The van der Waals surface area contributed by atoms with E-state index >= 15 is 0 Å². The molecule has 1 saturated carbocycles. The lowest BCUT2D eigenvalue weighted by molar-refractivity contribution is 0.174. The SMILES string of the molecule is O[C@H]1C[C@@H]2[C@H](C1)c1cc(Br)cc(F)c1N[C@H]2C1C=CC=CC1. The van der Waals surface area contributed by atoms with Crippen LogP contribution in [0.2, 0.25) is 0 Å². The predicted octanol–water partition coefficient (Wildman–Crippen LogP) is 4.37. The quantitative estimate of drug-likeness (QED) is 0.776. The molecule has 1 aliphatic heterocycles. The molecule has 4 heteroatoms. The Labute approximate surface area is 138 Å². The summed E-state index contributed by atoms with van der Waals surface area (Å²) in [6.45, 7) is 0. The normalized spacial score (nSPS) is 35.9. The van der Waals surface area contributed by atoms with Gasteiger partial charge in [-0.3, -0.25) is 0 Å². The Kier molecular flexibility index (Phi) is 3.61. The first-order chi connectivity index (χ1) is 10.6. The highest BCUT2D eigenvalue weighted by Gasteiger charge is 2.45. The molecule has 22 heavy (non-hydrogen) atoms. The van der Waals surface area contributed by atoms with Gasteiger partial charge in [0.25, 0.3) is 0 Å². The molecule has 0 radical (unpaired) electrons. The molecule has 1 unspecified atom stereocenters. The predicted molar refractivity (Wildman–Crippen MR) is 89.4 cm³/mol. The first-order valence-electron chi connectivity index (χ1n) is 7.90. The van der Waals surface area contributed by atoms with Gasteiger partial charge < -0.3 is 10.4 Å². The lowest BCUT2D eigenvalue weighted by atomic mass is 9.73. The van der Waals surface area contributed by atoms with Crippen LogP contribution < -0.4 is 5.32 Å². The Morgan fingerprint density at radius 2 is 2.09 bits per heavy atom. The summed E-state index contributed by atoms with van der Waals surface area (Å²) in [5, 5.41) is 13.6. The van der Waals surface area contributed by atoms with Crippen LogP contribution in [-0.4, -0.2) is 17.3 Å². The average Bonchev–Trinajstić information content (AvgIpc) is 2.89. The standard InChI is InChI=1S/C18H19BrFNO/c19-11-6-14-13-8-12(22)9-15(13)17(10-4-2-1-3-5-10)21-18(14)16(20)7-11/h1-4,6-7,10,12-13,15,17,21-22H,5,8-9H2/t10?,12-,13-,15-,17+/m1/s1. The third-order valence-corrected chi connectivity index (χ3v) is 5.78. The van der Waals surface area contributed by atoms with Gasteiger partial charge in [-0.15, -0.1) is 0 Å². The highest BCUT2D eigenvalue weighted by Crippen LogP contribution is 2.51. The van der Waals surface area contributed by atoms with Gasteiger partial charge in [0.1, 0.15) is 5.82 Å². The molecule has 1 aromatic carbocycles. The smallest absolute Gasteiger partial charge is 0.147 e. The van der Waals surface area contributed by atoms with Crippen LogP contribution in [0.15, 0.2) is 40.9 Å². The van der Waals surface area contributed by atoms with Crippen LogP contribution in [0.4, 0.5) is 10.1 Å².